The Labute approximate surface area is 158 Å². The van der Waals surface area contributed by atoms with Crippen molar-refractivity contribution in [3.8, 4) is 5.75 Å². The van der Waals surface area contributed by atoms with Crippen molar-refractivity contribution in [1.29, 1.82) is 0 Å². The Balaban J connectivity index is 1.77. The second kappa shape index (κ2) is 11.0. The van der Waals surface area contributed by atoms with Crippen molar-refractivity contribution < 1.29 is 4.74 Å². The van der Waals surface area contributed by atoms with Gasteiger partial charge in [-0.25, -0.2) is 0 Å². The smallest absolute Gasteiger partial charge is 0.191 e. The van der Waals surface area contributed by atoms with Crippen molar-refractivity contribution in [1.82, 2.24) is 20.4 Å². The lowest BCUT2D eigenvalue weighted by atomic mass is 10.2. The first-order valence-corrected chi connectivity index (χ1v) is 9.67. The predicted molar refractivity (Wildman–Crippen MR) is 109 cm³/mol. The second-order valence-electron chi connectivity index (χ2n) is 7.03. The Morgan fingerprint density at radius 3 is 2.92 bits per heavy atom. The molecular formula is C20H35N5O. The Morgan fingerprint density at radius 1 is 1.35 bits per heavy atom. The Kier molecular flexibility index (Phi) is 8.71. The highest BCUT2D eigenvalue weighted by Crippen LogP contribution is 2.15. The molecule has 1 aromatic carbocycles. The van der Waals surface area contributed by atoms with Crippen LogP contribution in [0.5, 0.6) is 5.75 Å². The van der Waals surface area contributed by atoms with Gasteiger partial charge in [0.25, 0.3) is 0 Å². The van der Waals surface area contributed by atoms with Gasteiger partial charge in [0.15, 0.2) is 5.96 Å². The summed E-state index contributed by atoms with van der Waals surface area (Å²) in [5.74, 6) is 1.77. The van der Waals surface area contributed by atoms with Crippen LogP contribution in [0.2, 0.25) is 0 Å². The first-order valence-electron chi connectivity index (χ1n) is 9.67. The highest BCUT2D eigenvalue weighted by Gasteiger charge is 2.22. The number of ether oxygens (including phenoxy) is 1. The molecule has 6 nitrogen and oxygen atoms in total. The third-order valence-electron chi connectivity index (χ3n) is 4.80. The van der Waals surface area contributed by atoms with Crippen LogP contribution in [0.3, 0.4) is 0 Å². The number of hydrogen-bond donors (Lipinski definition) is 2. The summed E-state index contributed by atoms with van der Waals surface area (Å²) in [6.45, 7) is 7.86. The van der Waals surface area contributed by atoms with E-state index < -0.39 is 0 Å². The van der Waals surface area contributed by atoms with E-state index in [-0.39, 0.29) is 0 Å². The maximum Gasteiger partial charge on any atom is 0.191 e. The molecule has 1 aliphatic heterocycles. The average molecular weight is 362 g/mol. The van der Waals surface area contributed by atoms with Gasteiger partial charge in [-0.3, -0.25) is 9.89 Å². The molecule has 1 unspecified atom stereocenters. The van der Waals surface area contributed by atoms with E-state index in [0.29, 0.717) is 12.6 Å². The van der Waals surface area contributed by atoms with Gasteiger partial charge >= 0.3 is 0 Å². The first kappa shape index (κ1) is 20.5. The number of guanidine groups is 1. The lowest BCUT2D eigenvalue weighted by Gasteiger charge is -2.24. The van der Waals surface area contributed by atoms with Gasteiger partial charge in [0, 0.05) is 32.7 Å². The van der Waals surface area contributed by atoms with Gasteiger partial charge in [-0.15, -0.1) is 0 Å². The molecule has 1 saturated heterocycles. The van der Waals surface area contributed by atoms with Gasteiger partial charge < -0.3 is 20.3 Å². The Hall–Kier alpha value is -1.79. The molecule has 1 fully saturated rings. The van der Waals surface area contributed by atoms with Gasteiger partial charge in [0.05, 0.1) is 0 Å². The van der Waals surface area contributed by atoms with E-state index in [1.165, 1.54) is 24.9 Å². The Morgan fingerprint density at radius 2 is 2.19 bits per heavy atom. The summed E-state index contributed by atoms with van der Waals surface area (Å²) in [4.78, 5) is 9.00. The summed E-state index contributed by atoms with van der Waals surface area (Å²) >= 11 is 0. The minimum Gasteiger partial charge on any atom is -0.492 e. The fraction of sp³-hybridized carbons (Fsp3) is 0.650. The van der Waals surface area contributed by atoms with Gasteiger partial charge in [-0.05, 0) is 57.7 Å². The molecule has 26 heavy (non-hydrogen) atoms. The van der Waals surface area contributed by atoms with Crippen LogP contribution in [-0.4, -0.2) is 75.7 Å². The molecule has 0 bridgehead atoms. The van der Waals surface area contributed by atoms with Crippen molar-refractivity contribution in [2.45, 2.75) is 32.4 Å². The molecule has 0 saturated carbocycles. The summed E-state index contributed by atoms with van der Waals surface area (Å²) in [6, 6.07) is 8.86. The van der Waals surface area contributed by atoms with Crippen LogP contribution in [-0.2, 0) is 6.54 Å². The molecule has 0 aromatic heterocycles. The average Bonchev–Trinajstić information content (AvgIpc) is 3.09. The number of rotatable bonds is 9. The third kappa shape index (κ3) is 6.84. The number of aliphatic imine (C=N–C) groups is 1. The topological polar surface area (TPSA) is 52.1 Å². The number of hydrogen-bond acceptors (Lipinski definition) is 4. The molecule has 2 N–H and O–H groups in total. The fourth-order valence-corrected chi connectivity index (χ4v) is 3.25. The van der Waals surface area contributed by atoms with Crippen LogP contribution in [0, 0.1) is 0 Å². The molecule has 0 amide bonds. The zero-order valence-electron chi connectivity index (χ0n) is 16.8. The highest BCUT2D eigenvalue weighted by atomic mass is 16.5. The number of likely N-dealkylation sites (tertiary alicyclic amines) is 1. The van der Waals surface area contributed by atoms with Crippen LogP contribution < -0.4 is 15.4 Å². The predicted octanol–water partition coefficient (Wildman–Crippen LogP) is 1.78. The number of nitrogens with one attached hydrogen (secondary N) is 2. The monoisotopic (exact) mass is 361 g/mol. The molecule has 1 aliphatic rings. The van der Waals surface area contributed by atoms with Crippen LogP contribution in [0.4, 0.5) is 0 Å². The maximum absolute atomic E-state index is 5.81. The SMILES string of the molecule is CCN1CCCC1CNC(=NC)NCc1cccc(OCCN(C)C)c1. The molecular weight excluding hydrogens is 326 g/mol. The molecule has 1 heterocycles. The molecule has 1 aromatic rings. The van der Waals surface area contributed by atoms with Crippen LogP contribution in [0.15, 0.2) is 29.3 Å². The van der Waals surface area contributed by atoms with Crippen molar-refractivity contribution in [2.75, 3.05) is 53.9 Å². The van der Waals surface area contributed by atoms with E-state index in [0.717, 1.165) is 37.9 Å². The highest BCUT2D eigenvalue weighted by molar-refractivity contribution is 5.79. The van der Waals surface area contributed by atoms with Crippen LogP contribution in [0.1, 0.15) is 25.3 Å². The zero-order chi connectivity index (χ0) is 18.8. The number of likely N-dealkylation sites (N-methyl/N-ethyl adjacent to an activating group) is 2. The number of nitrogens with zero attached hydrogens (tertiary/aromatic N) is 3. The van der Waals surface area contributed by atoms with E-state index in [9.17, 15) is 0 Å². The van der Waals surface area contributed by atoms with E-state index in [1.807, 2.05) is 33.3 Å². The second-order valence-corrected chi connectivity index (χ2v) is 7.03. The molecule has 6 heteroatoms. The quantitative estimate of drug-likeness (QED) is 0.519. The van der Waals surface area contributed by atoms with Gasteiger partial charge in [0.1, 0.15) is 12.4 Å². The summed E-state index contributed by atoms with van der Waals surface area (Å²) in [5.41, 5.74) is 1.19. The fourth-order valence-electron chi connectivity index (χ4n) is 3.25. The van der Waals surface area contributed by atoms with Crippen molar-refractivity contribution in [2.24, 2.45) is 4.99 Å². The third-order valence-corrected chi connectivity index (χ3v) is 4.80. The van der Waals surface area contributed by atoms with E-state index >= 15 is 0 Å². The maximum atomic E-state index is 5.81. The van der Waals surface area contributed by atoms with E-state index in [4.69, 9.17) is 4.74 Å². The standard InChI is InChI=1S/C20H35N5O/c1-5-25-11-7-9-18(25)16-23-20(21-2)22-15-17-8-6-10-19(14-17)26-13-12-24(3)4/h6,8,10,14,18H,5,7,9,11-13,15-16H2,1-4H3,(H2,21,22,23). The molecule has 0 aliphatic carbocycles. The Bertz CT molecular complexity index is 561. The molecule has 1 atom stereocenters. The van der Waals surface area contributed by atoms with E-state index in [2.05, 4.69) is 44.5 Å². The van der Waals surface area contributed by atoms with E-state index in [1.54, 1.807) is 0 Å². The van der Waals surface area contributed by atoms with Gasteiger partial charge in [0.2, 0.25) is 0 Å². The summed E-state index contributed by atoms with van der Waals surface area (Å²) in [7, 11) is 5.92. The molecule has 0 spiro atoms. The first-order chi connectivity index (χ1) is 12.6. The minimum absolute atomic E-state index is 0.618. The molecule has 0 radical (unpaired) electrons. The molecule has 146 valence electrons. The normalized spacial score (nSPS) is 18.3. The lowest BCUT2D eigenvalue weighted by molar-refractivity contribution is 0.261. The largest absolute Gasteiger partial charge is 0.492 e. The van der Waals surface area contributed by atoms with Crippen LogP contribution in [0.25, 0.3) is 0 Å². The zero-order valence-corrected chi connectivity index (χ0v) is 16.8. The lowest BCUT2D eigenvalue weighted by Crippen LogP contribution is -2.44. The summed E-state index contributed by atoms with van der Waals surface area (Å²) < 4.78 is 5.81. The summed E-state index contributed by atoms with van der Waals surface area (Å²) in [6.07, 6.45) is 2.57. The van der Waals surface area contributed by atoms with Crippen LogP contribution >= 0.6 is 0 Å². The van der Waals surface area contributed by atoms with Crippen molar-refractivity contribution >= 4 is 5.96 Å². The van der Waals surface area contributed by atoms with Gasteiger partial charge in [-0.2, -0.15) is 0 Å². The minimum atomic E-state index is 0.618. The number of benzene rings is 1. The van der Waals surface area contributed by atoms with Crippen molar-refractivity contribution in [3.63, 3.8) is 0 Å². The molecule has 2 rings (SSSR count). The van der Waals surface area contributed by atoms with Crippen molar-refractivity contribution in [3.05, 3.63) is 29.8 Å². The summed E-state index contributed by atoms with van der Waals surface area (Å²) in [5, 5.41) is 6.87. The van der Waals surface area contributed by atoms with Gasteiger partial charge in [-0.1, -0.05) is 19.1 Å².